The molecule has 3 atom stereocenters. The van der Waals surface area contributed by atoms with E-state index in [-0.39, 0.29) is 41.3 Å². The van der Waals surface area contributed by atoms with Crippen molar-refractivity contribution in [2.24, 2.45) is 11.0 Å². The van der Waals surface area contributed by atoms with Crippen molar-refractivity contribution in [1.82, 2.24) is 0 Å². The summed E-state index contributed by atoms with van der Waals surface area (Å²) >= 11 is 0. The van der Waals surface area contributed by atoms with Crippen LogP contribution in [0.3, 0.4) is 0 Å². The van der Waals surface area contributed by atoms with E-state index >= 15 is 0 Å². The second-order valence-electron chi connectivity index (χ2n) is 10.00. The van der Waals surface area contributed by atoms with Gasteiger partial charge in [0.15, 0.2) is 8.32 Å². The smallest absolute Gasteiger partial charge is 0.192 e. The first-order valence-corrected chi connectivity index (χ1v) is 14.1. The second kappa shape index (κ2) is 9.81. The minimum atomic E-state index is -2.06. The summed E-state index contributed by atoms with van der Waals surface area (Å²) in [4.78, 5) is 0. The Hall–Kier alpha value is -2.09. The first-order chi connectivity index (χ1) is 15.0. The van der Waals surface area contributed by atoms with E-state index in [0.29, 0.717) is 0 Å². The lowest BCUT2D eigenvalue weighted by Gasteiger charge is -2.39. The SMILES string of the molecule is CC(C)(C)[Si](C)(C)O[C@@H](CC[C@H]1C=NN(c2ccc(F)cc2)[C@@H]1CO)c1ccc(F)cc1. The van der Waals surface area contributed by atoms with Crippen molar-refractivity contribution in [3.63, 3.8) is 0 Å². The predicted molar refractivity (Wildman–Crippen MR) is 128 cm³/mol. The number of aliphatic hydroxyl groups excluding tert-OH is 1. The Morgan fingerprint density at radius 1 is 1.03 bits per heavy atom. The summed E-state index contributed by atoms with van der Waals surface area (Å²) in [5.74, 6) is -0.548. The van der Waals surface area contributed by atoms with Crippen molar-refractivity contribution in [2.75, 3.05) is 11.6 Å². The van der Waals surface area contributed by atoms with E-state index in [2.05, 4.69) is 39.0 Å². The van der Waals surface area contributed by atoms with Gasteiger partial charge in [-0.15, -0.1) is 0 Å². The lowest BCUT2D eigenvalue weighted by Crippen LogP contribution is -2.42. The van der Waals surface area contributed by atoms with Crippen LogP contribution in [0.1, 0.15) is 45.3 Å². The van der Waals surface area contributed by atoms with E-state index < -0.39 is 8.32 Å². The zero-order valence-electron chi connectivity index (χ0n) is 19.6. The van der Waals surface area contributed by atoms with E-state index in [0.717, 1.165) is 24.1 Å². The zero-order valence-corrected chi connectivity index (χ0v) is 20.6. The van der Waals surface area contributed by atoms with Crippen LogP contribution in [0.4, 0.5) is 14.5 Å². The van der Waals surface area contributed by atoms with Crippen molar-refractivity contribution in [2.45, 2.75) is 63.9 Å². The van der Waals surface area contributed by atoms with Gasteiger partial charge in [0.05, 0.1) is 24.4 Å². The molecule has 0 fully saturated rings. The van der Waals surface area contributed by atoms with Crippen LogP contribution in [-0.4, -0.2) is 32.3 Å². The van der Waals surface area contributed by atoms with Crippen LogP contribution < -0.4 is 5.01 Å². The second-order valence-corrected chi connectivity index (χ2v) is 14.8. The minimum absolute atomic E-state index is 0.0241. The Kier molecular flexibility index (Phi) is 7.52. The van der Waals surface area contributed by atoms with Gasteiger partial charge < -0.3 is 9.53 Å². The third-order valence-corrected chi connectivity index (χ3v) is 11.2. The number of benzene rings is 2. The highest BCUT2D eigenvalue weighted by Crippen LogP contribution is 2.41. The van der Waals surface area contributed by atoms with Crippen LogP contribution in [0, 0.1) is 17.6 Å². The molecule has 32 heavy (non-hydrogen) atoms. The molecule has 2 aromatic carbocycles. The van der Waals surface area contributed by atoms with Gasteiger partial charge in [-0.05, 0) is 72.9 Å². The monoisotopic (exact) mass is 460 g/mol. The standard InChI is InChI=1S/C25H34F2N2O2Si/c1-25(2,3)32(4,5)31-24(18-6-9-20(26)10-7-18)15-8-19-16-28-29(23(19)17-30)22-13-11-21(27)12-14-22/h6-7,9-14,16,19,23-24,30H,8,15,17H2,1-5H3/t19-,23+,24-/m0/s1. The van der Waals surface area contributed by atoms with Crippen molar-refractivity contribution in [3.05, 3.63) is 65.7 Å². The molecule has 2 aromatic rings. The number of hydrazone groups is 1. The minimum Gasteiger partial charge on any atom is -0.410 e. The molecule has 0 aliphatic carbocycles. The molecule has 0 radical (unpaired) electrons. The van der Waals surface area contributed by atoms with Crippen LogP contribution in [-0.2, 0) is 4.43 Å². The van der Waals surface area contributed by atoms with Gasteiger partial charge in [-0.1, -0.05) is 32.9 Å². The Morgan fingerprint density at radius 3 is 2.12 bits per heavy atom. The number of rotatable bonds is 8. The maximum absolute atomic E-state index is 13.5. The molecule has 1 heterocycles. The molecule has 0 saturated heterocycles. The molecule has 3 rings (SSSR count). The van der Waals surface area contributed by atoms with Crippen LogP contribution in [0.5, 0.6) is 0 Å². The predicted octanol–water partition coefficient (Wildman–Crippen LogP) is 6.29. The highest BCUT2D eigenvalue weighted by atomic mass is 28.4. The normalized spacial score (nSPS) is 20.1. The van der Waals surface area contributed by atoms with Gasteiger partial charge in [0.25, 0.3) is 0 Å². The molecule has 1 aliphatic rings. The molecule has 0 unspecified atom stereocenters. The molecule has 1 N–H and O–H groups in total. The molecule has 1 aliphatic heterocycles. The van der Waals surface area contributed by atoms with Gasteiger partial charge in [0.2, 0.25) is 0 Å². The maximum atomic E-state index is 13.5. The third-order valence-electron chi connectivity index (χ3n) is 6.72. The zero-order chi connectivity index (χ0) is 23.5. The van der Waals surface area contributed by atoms with Gasteiger partial charge in [0, 0.05) is 12.1 Å². The average molecular weight is 461 g/mol. The fourth-order valence-corrected chi connectivity index (χ4v) is 5.02. The molecule has 4 nitrogen and oxygen atoms in total. The lowest BCUT2D eigenvalue weighted by molar-refractivity contribution is 0.162. The third kappa shape index (κ3) is 5.63. The van der Waals surface area contributed by atoms with E-state index in [1.54, 1.807) is 29.3 Å². The van der Waals surface area contributed by atoms with E-state index in [4.69, 9.17) is 4.43 Å². The highest BCUT2D eigenvalue weighted by molar-refractivity contribution is 6.74. The molecule has 0 bridgehead atoms. The largest absolute Gasteiger partial charge is 0.410 e. The van der Waals surface area contributed by atoms with E-state index in [1.807, 2.05) is 6.21 Å². The summed E-state index contributed by atoms with van der Waals surface area (Å²) in [6.45, 7) is 11.0. The highest BCUT2D eigenvalue weighted by Gasteiger charge is 2.40. The van der Waals surface area contributed by atoms with E-state index in [9.17, 15) is 13.9 Å². The first kappa shape index (κ1) is 24.5. The van der Waals surface area contributed by atoms with Gasteiger partial charge in [-0.2, -0.15) is 5.10 Å². The van der Waals surface area contributed by atoms with Crippen LogP contribution in [0.25, 0.3) is 0 Å². The van der Waals surface area contributed by atoms with Gasteiger partial charge in [-0.3, -0.25) is 5.01 Å². The Bertz CT molecular complexity index is 911. The molecule has 0 amide bonds. The number of anilines is 1. The maximum Gasteiger partial charge on any atom is 0.192 e. The molecule has 7 heteroatoms. The first-order valence-electron chi connectivity index (χ1n) is 11.1. The van der Waals surface area contributed by atoms with Crippen LogP contribution >= 0.6 is 0 Å². The topological polar surface area (TPSA) is 45.1 Å². The quantitative estimate of drug-likeness (QED) is 0.471. The lowest BCUT2D eigenvalue weighted by atomic mass is 9.93. The number of aliphatic hydroxyl groups is 1. The molecular weight excluding hydrogens is 426 g/mol. The fourth-order valence-electron chi connectivity index (χ4n) is 3.70. The van der Waals surface area contributed by atoms with Gasteiger partial charge in [0.1, 0.15) is 11.6 Å². The summed E-state index contributed by atoms with van der Waals surface area (Å²) in [7, 11) is -2.06. The molecule has 174 valence electrons. The molecule has 0 aromatic heterocycles. The fraction of sp³-hybridized carbons (Fsp3) is 0.480. The summed E-state index contributed by atoms with van der Waals surface area (Å²) in [5.41, 5.74) is 1.71. The van der Waals surface area contributed by atoms with Crippen molar-refractivity contribution < 1.29 is 18.3 Å². The summed E-state index contributed by atoms with van der Waals surface area (Å²) in [6.07, 6.45) is 3.17. The van der Waals surface area contributed by atoms with Crippen LogP contribution in [0.15, 0.2) is 53.6 Å². The van der Waals surface area contributed by atoms with Crippen molar-refractivity contribution >= 4 is 20.2 Å². The van der Waals surface area contributed by atoms with E-state index in [1.165, 1.54) is 24.3 Å². The number of halogens is 2. The molecule has 0 spiro atoms. The average Bonchev–Trinajstić information content (AvgIpc) is 3.14. The summed E-state index contributed by atoms with van der Waals surface area (Å²) in [6, 6.07) is 12.4. The number of hydrogen-bond acceptors (Lipinski definition) is 4. The van der Waals surface area contributed by atoms with Crippen molar-refractivity contribution in [1.29, 1.82) is 0 Å². The summed E-state index contributed by atoms with van der Waals surface area (Å²) in [5, 5.41) is 16.4. The Balaban J connectivity index is 1.75. The Morgan fingerprint density at radius 2 is 1.59 bits per heavy atom. The Labute approximate surface area is 191 Å². The number of nitrogens with zero attached hydrogens (tertiary/aromatic N) is 2. The number of hydrogen-bond donors (Lipinski definition) is 1. The van der Waals surface area contributed by atoms with Gasteiger partial charge in [-0.25, -0.2) is 8.78 Å². The molecular formula is C25H34F2N2O2Si. The molecule has 0 saturated carbocycles. The van der Waals surface area contributed by atoms with Crippen LogP contribution in [0.2, 0.25) is 18.1 Å². The van der Waals surface area contributed by atoms with Crippen molar-refractivity contribution in [3.8, 4) is 0 Å². The van der Waals surface area contributed by atoms with Gasteiger partial charge >= 0.3 is 0 Å². The summed E-state index contributed by atoms with van der Waals surface area (Å²) < 4.78 is 33.6.